The van der Waals surface area contributed by atoms with Gasteiger partial charge in [0.05, 0.1) is 0 Å². The molecule has 0 bridgehead atoms. The first-order chi connectivity index (χ1) is 11.7. The number of hydrogen-bond acceptors (Lipinski definition) is 3. The fourth-order valence-corrected chi connectivity index (χ4v) is 3.63. The number of anilines is 1. The molecule has 3 rings (SSSR count). The molecular weight excluding hydrogens is 302 g/mol. The first kappa shape index (κ1) is 17.0. The van der Waals surface area contributed by atoms with Gasteiger partial charge in [0.1, 0.15) is 0 Å². The van der Waals surface area contributed by atoms with E-state index in [9.17, 15) is 9.59 Å². The van der Waals surface area contributed by atoms with Gasteiger partial charge in [-0.2, -0.15) is 0 Å². The number of amides is 2. The molecule has 1 atom stereocenters. The van der Waals surface area contributed by atoms with Gasteiger partial charge in [0, 0.05) is 31.6 Å². The monoisotopic (exact) mass is 329 g/mol. The summed E-state index contributed by atoms with van der Waals surface area (Å²) in [5.74, 6) is 0.832. The highest BCUT2D eigenvalue weighted by atomic mass is 16.2. The molecule has 5 nitrogen and oxygen atoms in total. The first-order valence-electron chi connectivity index (χ1n) is 9.10. The lowest BCUT2D eigenvalue weighted by molar-refractivity contribution is -0.121. The summed E-state index contributed by atoms with van der Waals surface area (Å²) in [6, 6.07) is 7.98. The summed E-state index contributed by atoms with van der Waals surface area (Å²) >= 11 is 0. The summed E-state index contributed by atoms with van der Waals surface area (Å²) in [6.07, 6.45) is 5.21. The number of nitrogens with one attached hydrogen (secondary N) is 2. The Morgan fingerprint density at radius 3 is 3.00 bits per heavy atom. The Labute approximate surface area is 143 Å². The minimum Gasteiger partial charge on any atom is -0.356 e. The number of fused-ring (bicyclic) bond motifs is 1. The zero-order chi connectivity index (χ0) is 16.8. The lowest BCUT2D eigenvalue weighted by Crippen LogP contribution is -2.38. The molecule has 1 fully saturated rings. The van der Waals surface area contributed by atoms with Gasteiger partial charge in [-0.25, -0.2) is 0 Å². The second kappa shape index (κ2) is 8.29. The topological polar surface area (TPSA) is 61.4 Å². The van der Waals surface area contributed by atoms with Crippen molar-refractivity contribution in [3.63, 3.8) is 0 Å². The molecule has 0 aromatic heterocycles. The lowest BCUT2D eigenvalue weighted by Gasteiger charge is -2.29. The summed E-state index contributed by atoms with van der Waals surface area (Å²) in [6.45, 7) is 3.38. The maximum atomic E-state index is 12.2. The lowest BCUT2D eigenvalue weighted by atomic mass is 9.96. The molecule has 1 aromatic rings. The van der Waals surface area contributed by atoms with E-state index >= 15 is 0 Å². The standard InChI is InChI=1S/C19H27N3O2/c23-18(21-12-9-15-4-3-11-20-14-15)10-13-22-17-6-2-1-5-16(17)7-8-19(22)24/h1-2,5-6,15,20H,3-4,7-14H2,(H,21,23). The number of hydrogen-bond donors (Lipinski definition) is 2. The molecule has 130 valence electrons. The molecule has 0 saturated carbocycles. The van der Waals surface area contributed by atoms with Crippen molar-refractivity contribution in [3.8, 4) is 0 Å². The van der Waals surface area contributed by atoms with Crippen molar-refractivity contribution in [2.75, 3.05) is 31.1 Å². The summed E-state index contributed by atoms with van der Waals surface area (Å²) in [5.41, 5.74) is 2.16. The van der Waals surface area contributed by atoms with Gasteiger partial charge in [0.2, 0.25) is 11.8 Å². The Balaban J connectivity index is 1.43. The maximum Gasteiger partial charge on any atom is 0.227 e. The number of benzene rings is 1. The normalized spacial score (nSPS) is 20.6. The predicted molar refractivity (Wildman–Crippen MR) is 95.0 cm³/mol. The fourth-order valence-electron chi connectivity index (χ4n) is 3.63. The van der Waals surface area contributed by atoms with Gasteiger partial charge in [-0.3, -0.25) is 9.59 Å². The third kappa shape index (κ3) is 4.35. The molecule has 1 aromatic carbocycles. The average Bonchev–Trinajstić information content (AvgIpc) is 2.62. The van der Waals surface area contributed by atoms with Crippen LogP contribution >= 0.6 is 0 Å². The van der Waals surface area contributed by atoms with Crippen LogP contribution in [0.3, 0.4) is 0 Å². The van der Waals surface area contributed by atoms with Crippen molar-refractivity contribution in [3.05, 3.63) is 29.8 Å². The van der Waals surface area contributed by atoms with Crippen LogP contribution in [-0.2, 0) is 16.0 Å². The molecule has 1 saturated heterocycles. The van der Waals surface area contributed by atoms with E-state index in [2.05, 4.69) is 16.7 Å². The highest BCUT2D eigenvalue weighted by Crippen LogP contribution is 2.27. The molecule has 2 amide bonds. The van der Waals surface area contributed by atoms with Crippen LogP contribution in [0.25, 0.3) is 0 Å². The molecule has 2 aliphatic rings. The number of carbonyl (C=O) groups excluding carboxylic acids is 2. The van der Waals surface area contributed by atoms with Gasteiger partial charge in [0.25, 0.3) is 0 Å². The van der Waals surface area contributed by atoms with E-state index in [1.165, 1.54) is 18.4 Å². The summed E-state index contributed by atoms with van der Waals surface area (Å²) in [4.78, 5) is 26.0. The van der Waals surface area contributed by atoms with Gasteiger partial charge < -0.3 is 15.5 Å². The fraction of sp³-hybridized carbons (Fsp3) is 0.579. The van der Waals surface area contributed by atoms with Crippen LogP contribution in [0.2, 0.25) is 0 Å². The van der Waals surface area contributed by atoms with E-state index < -0.39 is 0 Å². The largest absolute Gasteiger partial charge is 0.356 e. The van der Waals surface area contributed by atoms with Crippen molar-refractivity contribution in [2.45, 2.75) is 38.5 Å². The summed E-state index contributed by atoms with van der Waals surface area (Å²) in [7, 11) is 0. The van der Waals surface area contributed by atoms with Crippen molar-refractivity contribution >= 4 is 17.5 Å². The number of piperidine rings is 1. The highest BCUT2D eigenvalue weighted by molar-refractivity contribution is 5.96. The Morgan fingerprint density at radius 1 is 1.29 bits per heavy atom. The highest BCUT2D eigenvalue weighted by Gasteiger charge is 2.24. The number of aryl methyl sites for hydroxylation is 1. The van der Waals surface area contributed by atoms with Gasteiger partial charge in [-0.1, -0.05) is 18.2 Å². The number of carbonyl (C=O) groups is 2. The summed E-state index contributed by atoms with van der Waals surface area (Å²) < 4.78 is 0. The van der Waals surface area contributed by atoms with Gasteiger partial charge in [-0.15, -0.1) is 0 Å². The second-order valence-electron chi connectivity index (χ2n) is 6.78. The van der Waals surface area contributed by atoms with Crippen LogP contribution in [0.1, 0.15) is 37.7 Å². The smallest absolute Gasteiger partial charge is 0.227 e. The van der Waals surface area contributed by atoms with E-state index in [0.29, 0.717) is 25.3 Å². The molecular formula is C19H27N3O2. The van der Waals surface area contributed by atoms with Crippen LogP contribution < -0.4 is 15.5 Å². The SMILES string of the molecule is O=C(CCN1C(=O)CCc2ccccc21)NCCC1CCCNC1. The van der Waals surface area contributed by atoms with E-state index in [0.717, 1.165) is 38.2 Å². The third-order valence-electron chi connectivity index (χ3n) is 5.03. The molecule has 1 unspecified atom stereocenters. The van der Waals surface area contributed by atoms with E-state index in [1.54, 1.807) is 4.90 Å². The summed E-state index contributed by atoms with van der Waals surface area (Å²) in [5, 5.41) is 6.40. The zero-order valence-electron chi connectivity index (χ0n) is 14.2. The molecule has 0 aliphatic carbocycles. The Kier molecular flexibility index (Phi) is 5.86. The maximum absolute atomic E-state index is 12.2. The Bertz CT molecular complexity index is 582. The average molecular weight is 329 g/mol. The van der Waals surface area contributed by atoms with Gasteiger partial charge >= 0.3 is 0 Å². The van der Waals surface area contributed by atoms with Crippen LogP contribution in [0, 0.1) is 5.92 Å². The first-order valence-corrected chi connectivity index (χ1v) is 9.10. The third-order valence-corrected chi connectivity index (χ3v) is 5.03. The van der Waals surface area contributed by atoms with Crippen LogP contribution in [0.4, 0.5) is 5.69 Å². The van der Waals surface area contributed by atoms with Crippen LogP contribution in [0.5, 0.6) is 0 Å². The van der Waals surface area contributed by atoms with Crippen molar-refractivity contribution < 1.29 is 9.59 Å². The van der Waals surface area contributed by atoms with Crippen LogP contribution in [0.15, 0.2) is 24.3 Å². The molecule has 5 heteroatoms. The van der Waals surface area contributed by atoms with Gasteiger partial charge in [0.15, 0.2) is 0 Å². The quantitative estimate of drug-likeness (QED) is 0.837. The molecule has 2 aliphatic heterocycles. The van der Waals surface area contributed by atoms with Crippen molar-refractivity contribution in [2.24, 2.45) is 5.92 Å². The Morgan fingerprint density at radius 2 is 2.17 bits per heavy atom. The predicted octanol–water partition coefficient (Wildman–Crippen LogP) is 1.86. The number of nitrogens with zero attached hydrogens (tertiary/aromatic N) is 1. The Hall–Kier alpha value is -1.88. The van der Waals surface area contributed by atoms with Crippen molar-refractivity contribution in [1.29, 1.82) is 0 Å². The molecule has 24 heavy (non-hydrogen) atoms. The second-order valence-corrected chi connectivity index (χ2v) is 6.78. The minimum atomic E-state index is 0.0367. The van der Waals surface area contributed by atoms with E-state index in [1.807, 2.05) is 18.2 Å². The van der Waals surface area contributed by atoms with Crippen molar-refractivity contribution in [1.82, 2.24) is 10.6 Å². The van der Waals surface area contributed by atoms with Gasteiger partial charge in [-0.05, 0) is 56.3 Å². The minimum absolute atomic E-state index is 0.0367. The molecule has 2 heterocycles. The van der Waals surface area contributed by atoms with E-state index in [4.69, 9.17) is 0 Å². The molecule has 0 spiro atoms. The van der Waals surface area contributed by atoms with Crippen LogP contribution in [-0.4, -0.2) is 38.0 Å². The molecule has 2 N–H and O–H groups in total. The number of para-hydroxylation sites is 1. The number of rotatable bonds is 6. The van der Waals surface area contributed by atoms with E-state index in [-0.39, 0.29) is 11.8 Å². The zero-order valence-corrected chi connectivity index (χ0v) is 14.2. The molecule has 0 radical (unpaired) electrons.